The summed E-state index contributed by atoms with van der Waals surface area (Å²) in [5.41, 5.74) is 3.09. The van der Waals surface area contributed by atoms with Gasteiger partial charge < -0.3 is 9.64 Å². The average molecular weight is 375 g/mol. The number of morpholine rings is 1. The topological polar surface area (TPSA) is 60.2 Å². The first-order valence-corrected chi connectivity index (χ1v) is 9.93. The van der Waals surface area contributed by atoms with Gasteiger partial charge in [-0.2, -0.15) is 0 Å². The number of carbonyl (C=O) groups is 1. The van der Waals surface area contributed by atoms with Gasteiger partial charge in [0.05, 0.1) is 18.5 Å². The lowest BCUT2D eigenvalue weighted by molar-refractivity contribution is 0.0993. The minimum Gasteiger partial charge on any atom is -0.378 e. The number of anilines is 1. The summed E-state index contributed by atoms with van der Waals surface area (Å²) in [6.07, 6.45) is 0. The van der Waals surface area contributed by atoms with Crippen LogP contribution in [0.25, 0.3) is 0 Å². The third-order valence-electron chi connectivity index (χ3n) is 4.75. The molecule has 0 aliphatic carbocycles. The van der Waals surface area contributed by atoms with Crippen LogP contribution in [0.2, 0.25) is 0 Å². The summed E-state index contributed by atoms with van der Waals surface area (Å²) in [4.78, 5) is 15.0. The Labute approximate surface area is 158 Å². The molecule has 140 valence electrons. The van der Waals surface area contributed by atoms with E-state index in [0.29, 0.717) is 13.2 Å². The third kappa shape index (κ3) is 3.94. The Morgan fingerprint density at radius 1 is 1.23 bits per heavy atom. The lowest BCUT2D eigenvalue weighted by Crippen LogP contribution is -2.38. The van der Waals surface area contributed by atoms with Crippen LogP contribution in [0.5, 0.6) is 0 Å². The van der Waals surface area contributed by atoms with Gasteiger partial charge in [-0.15, -0.1) is 10.2 Å². The Bertz CT molecular complexity index is 784. The Balaban J connectivity index is 1.76. The molecule has 1 unspecified atom stereocenters. The third-order valence-corrected chi connectivity index (χ3v) is 5.83. The number of ketones is 1. The summed E-state index contributed by atoms with van der Waals surface area (Å²) in [7, 11) is 0. The van der Waals surface area contributed by atoms with Crippen LogP contribution in [0.3, 0.4) is 0 Å². The molecule has 1 aromatic heterocycles. The van der Waals surface area contributed by atoms with E-state index in [0.717, 1.165) is 41.9 Å². The smallest absolute Gasteiger partial charge is 0.228 e. The Morgan fingerprint density at radius 2 is 1.96 bits per heavy atom. The maximum atomic E-state index is 12.8. The summed E-state index contributed by atoms with van der Waals surface area (Å²) in [6.45, 7) is 11.9. The van der Waals surface area contributed by atoms with Crippen LogP contribution in [-0.2, 0) is 11.3 Å². The van der Waals surface area contributed by atoms with Crippen molar-refractivity contribution in [2.75, 3.05) is 31.2 Å². The van der Waals surface area contributed by atoms with E-state index in [4.69, 9.17) is 4.74 Å². The largest absolute Gasteiger partial charge is 0.378 e. The van der Waals surface area contributed by atoms with Crippen LogP contribution in [0.15, 0.2) is 23.4 Å². The Hall–Kier alpha value is -1.86. The molecule has 1 aromatic carbocycles. The molecule has 3 rings (SSSR count). The van der Waals surface area contributed by atoms with Crippen molar-refractivity contribution in [1.29, 1.82) is 0 Å². The highest BCUT2D eigenvalue weighted by molar-refractivity contribution is 8.00. The number of aryl methyl sites for hydroxylation is 2. The van der Waals surface area contributed by atoms with Crippen molar-refractivity contribution in [3.05, 3.63) is 34.9 Å². The summed E-state index contributed by atoms with van der Waals surface area (Å²) >= 11 is 1.47. The number of benzene rings is 1. The molecule has 0 spiro atoms. The van der Waals surface area contributed by atoms with Gasteiger partial charge in [-0.25, -0.2) is 0 Å². The number of ether oxygens (including phenoxy) is 1. The predicted molar refractivity (Wildman–Crippen MR) is 104 cm³/mol. The second kappa shape index (κ2) is 8.22. The van der Waals surface area contributed by atoms with Crippen LogP contribution in [0.4, 0.5) is 5.95 Å². The number of hydrogen-bond donors (Lipinski definition) is 0. The molecule has 0 amide bonds. The Morgan fingerprint density at radius 3 is 2.62 bits per heavy atom. The van der Waals surface area contributed by atoms with Gasteiger partial charge in [-0.3, -0.25) is 9.36 Å². The zero-order valence-electron chi connectivity index (χ0n) is 15.9. The van der Waals surface area contributed by atoms with Crippen molar-refractivity contribution in [3.8, 4) is 0 Å². The molecule has 1 aliphatic heterocycles. The van der Waals surface area contributed by atoms with Gasteiger partial charge in [0, 0.05) is 25.2 Å². The van der Waals surface area contributed by atoms with Crippen molar-refractivity contribution in [1.82, 2.24) is 14.8 Å². The van der Waals surface area contributed by atoms with Gasteiger partial charge in [0.2, 0.25) is 5.95 Å². The number of aromatic nitrogens is 3. The fraction of sp³-hybridized carbons (Fsp3) is 0.526. The minimum atomic E-state index is -0.218. The molecule has 1 fully saturated rings. The molecule has 0 saturated carbocycles. The number of carbonyl (C=O) groups excluding carboxylic acids is 1. The van der Waals surface area contributed by atoms with E-state index in [1.807, 2.05) is 32.0 Å². The molecule has 0 bridgehead atoms. The van der Waals surface area contributed by atoms with E-state index in [1.165, 1.54) is 17.3 Å². The molecule has 2 heterocycles. The zero-order chi connectivity index (χ0) is 18.7. The number of thioether (sulfide) groups is 1. The van der Waals surface area contributed by atoms with Crippen molar-refractivity contribution >= 4 is 23.5 Å². The number of rotatable bonds is 6. The van der Waals surface area contributed by atoms with E-state index in [-0.39, 0.29) is 11.0 Å². The van der Waals surface area contributed by atoms with E-state index < -0.39 is 0 Å². The lowest BCUT2D eigenvalue weighted by Gasteiger charge is -2.27. The molecule has 1 saturated heterocycles. The number of nitrogens with zero attached hydrogens (tertiary/aromatic N) is 4. The van der Waals surface area contributed by atoms with Gasteiger partial charge >= 0.3 is 0 Å². The standard InChI is InChI=1S/C19H26N4O2S/c1-5-23-18(22-8-10-25-11-9-22)20-21-19(23)26-15(4)17(24)16-7-6-13(2)14(3)12-16/h6-7,12,15H,5,8-11H2,1-4H3. The second-order valence-corrected chi connectivity index (χ2v) is 7.86. The molecular weight excluding hydrogens is 348 g/mol. The maximum Gasteiger partial charge on any atom is 0.228 e. The van der Waals surface area contributed by atoms with Crippen LogP contribution in [-0.4, -0.2) is 52.1 Å². The highest BCUT2D eigenvalue weighted by atomic mass is 32.2. The second-order valence-electron chi connectivity index (χ2n) is 6.55. The molecule has 7 heteroatoms. The number of Topliss-reactive ketones (excluding diaryl/α,β-unsaturated/α-hetero) is 1. The number of hydrogen-bond acceptors (Lipinski definition) is 6. The lowest BCUT2D eigenvalue weighted by atomic mass is 10.0. The van der Waals surface area contributed by atoms with Gasteiger partial charge in [0.25, 0.3) is 0 Å². The van der Waals surface area contributed by atoms with Crippen LogP contribution in [0, 0.1) is 13.8 Å². The quantitative estimate of drug-likeness (QED) is 0.572. The molecular formula is C19H26N4O2S. The summed E-state index contributed by atoms with van der Waals surface area (Å²) < 4.78 is 7.50. The highest BCUT2D eigenvalue weighted by Gasteiger charge is 2.24. The maximum absolute atomic E-state index is 12.8. The first-order chi connectivity index (χ1) is 12.5. The first-order valence-electron chi connectivity index (χ1n) is 9.05. The van der Waals surface area contributed by atoms with Gasteiger partial charge in [-0.05, 0) is 44.9 Å². The minimum absolute atomic E-state index is 0.122. The molecule has 1 atom stereocenters. The van der Waals surface area contributed by atoms with E-state index >= 15 is 0 Å². The monoisotopic (exact) mass is 374 g/mol. The summed E-state index contributed by atoms with van der Waals surface area (Å²) in [6, 6.07) is 5.88. The van der Waals surface area contributed by atoms with Crippen LogP contribution < -0.4 is 4.90 Å². The summed E-state index contributed by atoms with van der Waals surface area (Å²) in [5, 5.41) is 9.30. The molecule has 0 N–H and O–H groups in total. The molecule has 0 radical (unpaired) electrons. The van der Waals surface area contributed by atoms with Crippen molar-refractivity contribution in [2.24, 2.45) is 0 Å². The zero-order valence-corrected chi connectivity index (χ0v) is 16.7. The van der Waals surface area contributed by atoms with E-state index in [1.54, 1.807) is 0 Å². The fourth-order valence-corrected chi connectivity index (χ4v) is 3.97. The van der Waals surface area contributed by atoms with Crippen molar-refractivity contribution in [2.45, 2.75) is 44.6 Å². The highest BCUT2D eigenvalue weighted by Crippen LogP contribution is 2.28. The molecule has 6 nitrogen and oxygen atoms in total. The van der Waals surface area contributed by atoms with Crippen molar-refractivity contribution in [3.63, 3.8) is 0 Å². The van der Waals surface area contributed by atoms with Crippen molar-refractivity contribution < 1.29 is 9.53 Å². The average Bonchev–Trinajstić information content (AvgIpc) is 3.06. The van der Waals surface area contributed by atoms with Crippen LogP contribution >= 0.6 is 11.8 Å². The Kier molecular flexibility index (Phi) is 5.98. The first kappa shape index (κ1) is 18.9. The predicted octanol–water partition coefficient (Wildman–Crippen LogP) is 3.11. The molecule has 26 heavy (non-hydrogen) atoms. The molecule has 2 aromatic rings. The van der Waals surface area contributed by atoms with E-state index in [9.17, 15) is 4.79 Å². The summed E-state index contributed by atoms with van der Waals surface area (Å²) in [5.74, 6) is 0.987. The van der Waals surface area contributed by atoms with Gasteiger partial charge in [0.1, 0.15) is 0 Å². The molecule has 1 aliphatic rings. The SMILES string of the molecule is CCn1c(SC(C)C(=O)c2ccc(C)c(C)c2)nnc1N1CCOCC1. The normalized spacial score (nSPS) is 15.9. The van der Waals surface area contributed by atoms with Gasteiger partial charge in [0.15, 0.2) is 10.9 Å². The van der Waals surface area contributed by atoms with Crippen LogP contribution in [0.1, 0.15) is 35.3 Å². The fourth-order valence-electron chi connectivity index (χ4n) is 2.98. The van der Waals surface area contributed by atoms with Gasteiger partial charge in [-0.1, -0.05) is 23.9 Å². The van der Waals surface area contributed by atoms with E-state index in [2.05, 4.69) is 33.5 Å².